The Balaban J connectivity index is 1.63. The molecule has 0 atom stereocenters. The summed E-state index contributed by atoms with van der Waals surface area (Å²) in [4.78, 5) is 12.6. The first-order chi connectivity index (χ1) is 15.5. The van der Waals surface area contributed by atoms with E-state index in [9.17, 15) is 13.2 Å². The van der Waals surface area contributed by atoms with Gasteiger partial charge in [-0.25, -0.2) is 8.42 Å². The molecular formula is C24H26N2O5S. The zero-order chi connectivity index (χ0) is 22.8. The van der Waals surface area contributed by atoms with Gasteiger partial charge in [0.1, 0.15) is 12.3 Å². The third-order valence-electron chi connectivity index (χ3n) is 4.66. The van der Waals surface area contributed by atoms with Crippen LogP contribution in [0.2, 0.25) is 0 Å². The fraction of sp³-hybridized carbons (Fsp3) is 0.208. The lowest BCUT2D eigenvalue weighted by Gasteiger charge is -2.24. The number of para-hydroxylation sites is 1. The van der Waals surface area contributed by atoms with Crippen molar-refractivity contribution in [1.29, 1.82) is 0 Å². The second kappa shape index (κ2) is 11.3. The summed E-state index contributed by atoms with van der Waals surface area (Å²) in [7, 11) is -2.45. The Hall–Kier alpha value is -3.36. The SMILES string of the molecule is COc1ccc(S(=O)(=O)N(CC(=O)NCCOCc2ccccc2)c2ccccc2)cc1. The lowest BCUT2D eigenvalue weighted by molar-refractivity contribution is -0.119. The number of carbonyl (C=O) groups is 1. The summed E-state index contributed by atoms with van der Waals surface area (Å²) in [5.41, 5.74) is 1.44. The molecule has 0 aliphatic heterocycles. The van der Waals surface area contributed by atoms with Crippen LogP contribution in [0.1, 0.15) is 5.56 Å². The van der Waals surface area contributed by atoms with Gasteiger partial charge in [-0.1, -0.05) is 48.5 Å². The molecule has 0 saturated heterocycles. The van der Waals surface area contributed by atoms with Gasteiger partial charge in [-0.3, -0.25) is 9.10 Å². The fourth-order valence-corrected chi connectivity index (χ4v) is 4.42. The topological polar surface area (TPSA) is 84.9 Å². The van der Waals surface area contributed by atoms with Gasteiger partial charge in [0.25, 0.3) is 10.0 Å². The summed E-state index contributed by atoms with van der Waals surface area (Å²) in [5, 5.41) is 2.72. The van der Waals surface area contributed by atoms with Crippen molar-refractivity contribution >= 4 is 21.6 Å². The quantitative estimate of drug-likeness (QED) is 0.450. The van der Waals surface area contributed by atoms with Crippen molar-refractivity contribution in [1.82, 2.24) is 5.32 Å². The molecule has 0 aromatic heterocycles. The molecule has 0 aliphatic carbocycles. The molecule has 0 heterocycles. The Morgan fingerprint density at radius 3 is 2.16 bits per heavy atom. The molecule has 0 fully saturated rings. The minimum Gasteiger partial charge on any atom is -0.497 e. The summed E-state index contributed by atoms with van der Waals surface area (Å²) < 4.78 is 38.3. The largest absolute Gasteiger partial charge is 0.497 e. The van der Waals surface area contributed by atoms with Crippen LogP contribution in [0.5, 0.6) is 5.75 Å². The summed E-state index contributed by atoms with van der Waals surface area (Å²) >= 11 is 0. The molecule has 0 radical (unpaired) electrons. The Labute approximate surface area is 188 Å². The van der Waals surface area contributed by atoms with Crippen LogP contribution in [-0.2, 0) is 26.2 Å². The Kier molecular flexibility index (Phi) is 8.24. The second-order valence-electron chi connectivity index (χ2n) is 6.91. The van der Waals surface area contributed by atoms with Crippen LogP contribution in [0.25, 0.3) is 0 Å². The monoisotopic (exact) mass is 454 g/mol. The van der Waals surface area contributed by atoms with E-state index < -0.39 is 15.9 Å². The van der Waals surface area contributed by atoms with E-state index in [0.717, 1.165) is 9.87 Å². The van der Waals surface area contributed by atoms with E-state index in [-0.39, 0.29) is 18.0 Å². The van der Waals surface area contributed by atoms with Crippen molar-refractivity contribution in [3.8, 4) is 5.75 Å². The smallest absolute Gasteiger partial charge is 0.264 e. The highest BCUT2D eigenvalue weighted by Gasteiger charge is 2.27. The Morgan fingerprint density at radius 2 is 1.53 bits per heavy atom. The minimum absolute atomic E-state index is 0.0705. The molecule has 3 aromatic rings. The molecule has 8 heteroatoms. The maximum absolute atomic E-state index is 13.3. The molecule has 0 unspecified atom stereocenters. The van der Waals surface area contributed by atoms with Crippen LogP contribution in [0.15, 0.2) is 89.8 Å². The van der Waals surface area contributed by atoms with Crippen molar-refractivity contribution in [3.05, 3.63) is 90.5 Å². The number of nitrogens with one attached hydrogen (secondary N) is 1. The number of sulfonamides is 1. The molecule has 3 rings (SSSR count). The molecule has 1 N–H and O–H groups in total. The van der Waals surface area contributed by atoms with Gasteiger partial charge < -0.3 is 14.8 Å². The van der Waals surface area contributed by atoms with Gasteiger partial charge in [0.2, 0.25) is 5.91 Å². The molecule has 0 spiro atoms. The number of carbonyl (C=O) groups excluding carboxylic acids is 1. The number of ether oxygens (including phenoxy) is 2. The molecule has 0 saturated carbocycles. The van der Waals surface area contributed by atoms with Crippen molar-refractivity contribution < 1.29 is 22.7 Å². The van der Waals surface area contributed by atoms with Crippen LogP contribution in [0.4, 0.5) is 5.69 Å². The van der Waals surface area contributed by atoms with E-state index >= 15 is 0 Å². The molecular weight excluding hydrogens is 428 g/mol. The van der Waals surface area contributed by atoms with E-state index in [0.29, 0.717) is 24.7 Å². The average molecular weight is 455 g/mol. The summed E-state index contributed by atoms with van der Waals surface area (Å²) in [6.07, 6.45) is 0. The van der Waals surface area contributed by atoms with Crippen LogP contribution in [-0.4, -0.2) is 41.1 Å². The number of anilines is 1. The first-order valence-electron chi connectivity index (χ1n) is 10.1. The summed E-state index contributed by atoms with van der Waals surface area (Å²) in [6.45, 7) is 0.684. The lowest BCUT2D eigenvalue weighted by Crippen LogP contribution is -2.41. The van der Waals surface area contributed by atoms with Crippen LogP contribution >= 0.6 is 0 Å². The predicted octanol–water partition coefficient (Wildman–Crippen LogP) is 3.22. The van der Waals surface area contributed by atoms with E-state index in [1.54, 1.807) is 42.5 Å². The number of hydrogen-bond donors (Lipinski definition) is 1. The Bertz CT molecular complexity index is 1090. The molecule has 7 nitrogen and oxygen atoms in total. The molecule has 1 amide bonds. The first kappa shape index (κ1) is 23.3. The lowest BCUT2D eigenvalue weighted by atomic mass is 10.2. The number of benzene rings is 3. The zero-order valence-electron chi connectivity index (χ0n) is 17.8. The zero-order valence-corrected chi connectivity index (χ0v) is 18.6. The summed E-state index contributed by atoms with van der Waals surface area (Å²) in [6, 6.07) is 24.3. The van der Waals surface area contributed by atoms with Gasteiger partial charge in [-0.05, 0) is 42.0 Å². The number of methoxy groups -OCH3 is 1. The van der Waals surface area contributed by atoms with Crippen molar-refractivity contribution in [3.63, 3.8) is 0 Å². The number of hydrogen-bond acceptors (Lipinski definition) is 5. The molecule has 0 aliphatic rings. The van der Waals surface area contributed by atoms with Crippen LogP contribution in [0.3, 0.4) is 0 Å². The number of amides is 1. The van der Waals surface area contributed by atoms with E-state index in [1.807, 2.05) is 30.3 Å². The highest BCUT2D eigenvalue weighted by atomic mass is 32.2. The second-order valence-corrected chi connectivity index (χ2v) is 8.77. The van der Waals surface area contributed by atoms with E-state index in [1.165, 1.54) is 19.2 Å². The van der Waals surface area contributed by atoms with Gasteiger partial charge in [-0.2, -0.15) is 0 Å². The van der Waals surface area contributed by atoms with Crippen LogP contribution in [0, 0.1) is 0 Å². The van der Waals surface area contributed by atoms with Crippen molar-refractivity contribution in [2.75, 3.05) is 31.1 Å². The van der Waals surface area contributed by atoms with Crippen molar-refractivity contribution in [2.45, 2.75) is 11.5 Å². The minimum atomic E-state index is -3.96. The number of nitrogens with zero attached hydrogens (tertiary/aromatic N) is 1. The highest BCUT2D eigenvalue weighted by Crippen LogP contribution is 2.24. The third-order valence-corrected chi connectivity index (χ3v) is 6.45. The molecule has 168 valence electrons. The normalized spacial score (nSPS) is 11.0. The molecule has 3 aromatic carbocycles. The first-order valence-corrected chi connectivity index (χ1v) is 11.5. The maximum Gasteiger partial charge on any atom is 0.264 e. The third kappa shape index (κ3) is 6.32. The average Bonchev–Trinajstić information content (AvgIpc) is 2.83. The maximum atomic E-state index is 13.3. The van der Waals surface area contributed by atoms with E-state index in [2.05, 4.69) is 5.32 Å². The van der Waals surface area contributed by atoms with Gasteiger partial charge in [-0.15, -0.1) is 0 Å². The number of rotatable bonds is 11. The standard InChI is InChI=1S/C24H26N2O5S/c1-30-22-12-14-23(15-13-22)32(28,29)26(21-10-6-3-7-11-21)18-24(27)25-16-17-31-19-20-8-4-2-5-9-20/h2-15H,16-19H2,1H3,(H,25,27). The molecule has 0 bridgehead atoms. The highest BCUT2D eigenvalue weighted by molar-refractivity contribution is 7.92. The van der Waals surface area contributed by atoms with Gasteiger partial charge in [0.05, 0.1) is 30.9 Å². The predicted molar refractivity (Wildman–Crippen MR) is 123 cm³/mol. The van der Waals surface area contributed by atoms with E-state index in [4.69, 9.17) is 9.47 Å². The summed E-state index contributed by atoms with van der Waals surface area (Å²) in [5.74, 6) is 0.123. The fourth-order valence-electron chi connectivity index (χ4n) is 3.00. The van der Waals surface area contributed by atoms with Gasteiger partial charge in [0, 0.05) is 6.54 Å². The molecule has 32 heavy (non-hydrogen) atoms. The van der Waals surface area contributed by atoms with Crippen LogP contribution < -0.4 is 14.4 Å². The Morgan fingerprint density at radius 1 is 0.906 bits per heavy atom. The van der Waals surface area contributed by atoms with Gasteiger partial charge in [0.15, 0.2) is 0 Å². The van der Waals surface area contributed by atoms with Gasteiger partial charge >= 0.3 is 0 Å². The van der Waals surface area contributed by atoms with Crippen molar-refractivity contribution in [2.24, 2.45) is 0 Å².